The van der Waals surface area contributed by atoms with E-state index in [4.69, 9.17) is 9.84 Å². The summed E-state index contributed by atoms with van der Waals surface area (Å²) >= 11 is 0. The van der Waals surface area contributed by atoms with Crippen molar-refractivity contribution in [1.29, 1.82) is 0 Å². The predicted octanol–water partition coefficient (Wildman–Crippen LogP) is 4.13. The molecule has 0 aliphatic carbocycles. The van der Waals surface area contributed by atoms with E-state index in [0.29, 0.717) is 5.56 Å². The smallest absolute Gasteiger partial charge is 0.416 e. The molecule has 0 aromatic heterocycles. The van der Waals surface area contributed by atoms with E-state index in [2.05, 4.69) is 0 Å². The number of hydrogen-bond donors (Lipinski definition) is 1. The van der Waals surface area contributed by atoms with Crippen LogP contribution in [0.15, 0.2) is 42.5 Å². The molecule has 0 saturated heterocycles. The second-order valence-corrected chi connectivity index (χ2v) is 4.10. The Labute approximate surface area is 112 Å². The maximum absolute atomic E-state index is 12.8. The number of alkyl halides is 3. The first-order valence-electron chi connectivity index (χ1n) is 5.64. The first-order valence-corrected chi connectivity index (χ1v) is 5.64. The number of phenols is 1. The van der Waals surface area contributed by atoms with Crippen molar-refractivity contribution < 1.29 is 27.4 Å². The summed E-state index contributed by atoms with van der Waals surface area (Å²) in [5.41, 5.74) is -0.256. The molecule has 2 rings (SSSR count). The van der Waals surface area contributed by atoms with Crippen LogP contribution in [0, 0.1) is 5.82 Å². The van der Waals surface area contributed by atoms with Gasteiger partial charge in [-0.05, 0) is 42.0 Å². The molecule has 0 unspecified atom stereocenters. The summed E-state index contributed by atoms with van der Waals surface area (Å²) in [4.78, 5) is 0. The van der Waals surface area contributed by atoms with Gasteiger partial charge >= 0.3 is 6.18 Å². The maximum Gasteiger partial charge on any atom is 0.416 e. The Morgan fingerprint density at radius 3 is 2.20 bits per heavy atom. The largest absolute Gasteiger partial charge is 0.505 e. The molecule has 0 amide bonds. The highest BCUT2D eigenvalue weighted by Gasteiger charge is 2.29. The standard InChI is InChI=1S/C14H10F4O2/c15-12-6-1-9(7-13(12)19)8-20-11-4-2-10(3-5-11)14(16,17)18/h1-7,19H,8H2. The Morgan fingerprint density at radius 1 is 1.00 bits per heavy atom. The summed E-state index contributed by atoms with van der Waals surface area (Å²) in [5, 5.41) is 9.17. The second kappa shape index (κ2) is 5.40. The topological polar surface area (TPSA) is 29.5 Å². The lowest BCUT2D eigenvalue weighted by Crippen LogP contribution is -2.04. The van der Waals surface area contributed by atoms with Crippen LogP contribution in [0.3, 0.4) is 0 Å². The van der Waals surface area contributed by atoms with Crippen molar-refractivity contribution in [2.75, 3.05) is 0 Å². The van der Waals surface area contributed by atoms with Crippen LogP contribution in [0.1, 0.15) is 11.1 Å². The minimum atomic E-state index is -4.39. The lowest BCUT2D eigenvalue weighted by Gasteiger charge is -2.09. The Balaban J connectivity index is 2.02. The van der Waals surface area contributed by atoms with Crippen LogP contribution in [-0.2, 0) is 12.8 Å². The summed E-state index contributed by atoms with van der Waals surface area (Å²) in [6, 6.07) is 7.92. The molecule has 0 aliphatic heterocycles. The van der Waals surface area contributed by atoms with E-state index < -0.39 is 23.3 Å². The molecule has 0 aliphatic rings. The third kappa shape index (κ3) is 3.40. The van der Waals surface area contributed by atoms with Gasteiger partial charge in [-0.15, -0.1) is 0 Å². The molecule has 0 saturated carbocycles. The van der Waals surface area contributed by atoms with E-state index in [1.807, 2.05) is 0 Å². The quantitative estimate of drug-likeness (QED) is 0.860. The molecule has 0 atom stereocenters. The van der Waals surface area contributed by atoms with E-state index in [1.165, 1.54) is 24.3 Å². The molecular formula is C14H10F4O2. The zero-order chi connectivity index (χ0) is 14.8. The summed E-state index contributed by atoms with van der Waals surface area (Å²) in [7, 11) is 0. The first kappa shape index (κ1) is 14.2. The SMILES string of the molecule is Oc1cc(COc2ccc(C(F)(F)F)cc2)ccc1F. The molecule has 2 aromatic rings. The Morgan fingerprint density at radius 2 is 1.65 bits per heavy atom. The van der Waals surface area contributed by atoms with Gasteiger partial charge in [0.05, 0.1) is 5.56 Å². The van der Waals surface area contributed by atoms with Crippen LogP contribution in [0.2, 0.25) is 0 Å². The van der Waals surface area contributed by atoms with Gasteiger partial charge in [-0.1, -0.05) is 6.07 Å². The third-order valence-corrected chi connectivity index (χ3v) is 2.60. The average molecular weight is 286 g/mol. The van der Waals surface area contributed by atoms with Crippen LogP contribution in [0.5, 0.6) is 11.5 Å². The Kier molecular flexibility index (Phi) is 3.83. The molecule has 0 bridgehead atoms. The fourth-order valence-corrected chi connectivity index (χ4v) is 1.55. The summed E-state index contributed by atoms with van der Waals surface area (Å²) in [6.07, 6.45) is -4.39. The normalized spacial score (nSPS) is 11.4. The van der Waals surface area contributed by atoms with Gasteiger partial charge in [-0.3, -0.25) is 0 Å². The summed E-state index contributed by atoms with van der Waals surface area (Å²) < 4.78 is 55.1. The van der Waals surface area contributed by atoms with Gasteiger partial charge in [0.15, 0.2) is 11.6 Å². The van der Waals surface area contributed by atoms with Crippen LogP contribution in [0.4, 0.5) is 17.6 Å². The Hall–Kier alpha value is -2.24. The van der Waals surface area contributed by atoms with E-state index in [9.17, 15) is 17.6 Å². The van der Waals surface area contributed by atoms with Crippen LogP contribution in [0.25, 0.3) is 0 Å². The van der Waals surface area contributed by atoms with Crippen LogP contribution >= 0.6 is 0 Å². The molecule has 1 N–H and O–H groups in total. The highest BCUT2D eigenvalue weighted by atomic mass is 19.4. The number of halogens is 4. The van der Waals surface area contributed by atoms with Crippen molar-refractivity contribution >= 4 is 0 Å². The number of rotatable bonds is 3. The molecule has 6 heteroatoms. The van der Waals surface area contributed by atoms with E-state index in [0.717, 1.165) is 18.2 Å². The van der Waals surface area contributed by atoms with E-state index >= 15 is 0 Å². The van der Waals surface area contributed by atoms with Gasteiger partial charge in [0.25, 0.3) is 0 Å². The van der Waals surface area contributed by atoms with Crippen molar-refractivity contribution in [1.82, 2.24) is 0 Å². The molecule has 2 nitrogen and oxygen atoms in total. The highest BCUT2D eigenvalue weighted by molar-refractivity contribution is 5.31. The van der Waals surface area contributed by atoms with Crippen molar-refractivity contribution in [3.05, 3.63) is 59.4 Å². The highest BCUT2D eigenvalue weighted by Crippen LogP contribution is 2.30. The fraction of sp³-hybridized carbons (Fsp3) is 0.143. The van der Waals surface area contributed by atoms with Crippen molar-refractivity contribution in [3.8, 4) is 11.5 Å². The molecule has 106 valence electrons. The molecule has 0 spiro atoms. The predicted molar refractivity (Wildman–Crippen MR) is 63.8 cm³/mol. The zero-order valence-electron chi connectivity index (χ0n) is 10.1. The van der Waals surface area contributed by atoms with Gasteiger partial charge in [-0.2, -0.15) is 13.2 Å². The molecule has 0 heterocycles. The molecular weight excluding hydrogens is 276 g/mol. The van der Waals surface area contributed by atoms with Gasteiger partial charge < -0.3 is 9.84 Å². The lowest BCUT2D eigenvalue weighted by molar-refractivity contribution is -0.137. The van der Waals surface area contributed by atoms with Crippen LogP contribution in [-0.4, -0.2) is 5.11 Å². The van der Waals surface area contributed by atoms with Gasteiger partial charge in [0.2, 0.25) is 0 Å². The molecule has 0 radical (unpaired) electrons. The number of hydrogen-bond acceptors (Lipinski definition) is 2. The summed E-state index contributed by atoms with van der Waals surface area (Å²) in [6.45, 7) is 0.0131. The van der Waals surface area contributed by atoms with Gasteiger partial charge in [-0.25, -0.2) is 4.39 Å². The van der Waals surface area contributed by atoms with Gasteiger partial charge in [0.1, 0.15) is 12.4 Å². The minimum Gasteiger partial charge on any atom is -0.505 e. The number of benzene rings is 2. The number of aromatic hydroxyl groups is 1. The minimum absolute atomic E-state index is 0.0131. The number of phenolic OH excluding ortho intramolecular Hbond substituents is 1. The molecule has 20 heavy (non-hydrogen) atoms. The Bertz CT molecular complexity index is 591. The first-order chi connectivity index (χ1) is 9.36. The van der Waals surface area contributed by atoms with Crippen molar-refractivity contribution in [2.24, 2.45) is 0 Å². The second-order valence-electron chi connectivity index (χ2n) is 4.10. The van der Waals surface area contributed by atoms with E-state index in [1.54, 1.807) is 0 Å². The average Bonchev–Trinajstić information content (AvgIpc) is 2.40. The third-order valence-electron chi connectivity index (χ3n) is 2.60. The van der Waals surface area contributed by atoms with Gasteiger partial charge in [0, 0.05) is 0 Å². The zero-order valence-corrected chi connectivity index (χ0v) is 10.1. The molecule has 2 aromatic carbocycles. The fourth-order valence-electron chi connectivity index (χ4n) is 1.55. The van der Waals surface area contributed by atoms with E-state index in [-0.39, 0.29) is 12.4 Å². The molecule has 0 fully saturated rings. The van der Waals surface area contributed by atoms with Crippen molar-refractivity contribution in [2.45, 2.75) is 12.8 Å². The number of ether oxygens (including phenoxy) is 1. The monoisotopic (exact) mass is 286 g/mol. The van der Waals surface area contributed by atoms with Crippen molar-refractivity contribution in [3.63, 3.8) is 0 Å². The maximum atomic E-state index is 12.8. The summed E-state index contributed by atoms with van der Waals surface area (Å²) in [5.74, 6) is -0.997. The van der Waals surface area contributed by atoms with Crippen LogP contribution < -0.4 is 4.74 Å². The lowest BCUT2D eigenvalue weighted by atomic mass is 10.2.